The van der Waals surface area contributed by atoms with Crippen LogP contribution < -0.4 is 14.2 Å². The molecule has 0 atom stereocenters. The molecule has 0 amide bonds. The number of unbranched alkanes of at least 4 members (excludes halogenated alkanes) is 12. The Morgan fingerprint density at radius 1 is 0.315 bits per heavy atom. The maximum Gasteiger partial charge on any atom is 0.166 e. The van der Waals surface area contributed by atoms with Gasteiger partial charge in [-0.1, -0.05) is 196 Å². The molecule has 3 rings (SSSR count). The van der Waals surface area contributed by atoms with Crippen LogP contribution in [0.4, 0.5) is 0 Å². The molecule has 0 fully saturated rings. The third-order valence-corrected chi connectivity index (χ3v) is 21.3. The van der Waals surface area contributed by atoms with E-state index in [2.05, 4.69) is 135 Å². The Morgan fingerprint density at radius 3 is 0.836 bits per heavy atom. The molecule has 0 saturated heterocycles. The van der Waals surface area contributed by atoms with Crippen LogP contribution in [0.25, 0.3) is 0 Å². The first-order chi connectivity index (χ1) is 35.4. The van der Waals surface area contributed by atoms with E-state index in [0.29, 0.717) is 54.8 Å². The lowest BCUT2D eigenvalue weighted by Crippen LogP contribution is -2.14. The molecule has 6 nitrogen and oxygen atoms in total. The molecule has 3 aromatic rings. The summed E-state index contributed by atoms with van der Waals surface area (Å²) >= 11 is 0. The summed E-state index contributed by atoms with van der Waals surface area (Å²) in [7, 11) is 2.65. The van der Waals surface area contributed by atoms with E-state index in [1.165, 1.54) is 148 Å². The van der Waals surface area contributed by atoms with Crippen LogP contribution in [0.5, 0.6) is 17.2 Å². The highest BCUT2D eigenvalue weighted by Gasteiger charge is 2.29. The fraction of sp³-hybridized carbons (Fsp3) is 0.714. The Morgan fingerprint density at radius 2 is 0.575 bits per heavy atom. The summed E-state index contributed by atoms with van der Waals surface area (Å²) in [6.07, 6.45) is 27.9. The van der Waals surface area contributed by atoms with Crippen LogP contribution in [0, 0.1) is 0 Å². The third kappa shape index (κ3) is 32.3. The summed E-state index contributed by atoms with van der Waals surface area (Å²) in [4.78, 5) is 3.68. The Hall–Kier alpha value is -2.06. The van der Waals surface area contributed by atoms with Gasteiger partial charge in [0.15, 0.2) is 14.7 Å². The second kappa shape index (κ2) is 40.2. The minimum atomic E-state index is -0.346. The highest BCUT2D eigenvalue weighted by Crippen LogP contribution is 2.36. The standard InChI is InChI=1S/C63H105O6SSi3/c1-10-13-16-19-22-40-61(4,5)71-52-25-43-64-46-49-67-55-28-34-58(35-29-55)70(59-36-30-56(31-37-59)68-50-47-65-44-26-53-72-62(6,7)41-23-20-17-14-11-2)60-38-32-57(33-39-60)69-51-48-66-45-27-54-73-63(8,9)42-24-21-18-15-12-3/h28-39H,10-27,40-54H2,1-9H3/q+1. The molecule has 6 radical (unpaired) electrons. The molecule has 0 spiro atoms. The van der Waals surface area contributed by atoms with E-state index in [0.717, 1.165) is 84.9 Å². The van der Waals surface area contributed by atoms with Crippen molar-refractivity contribution in [3.8, 4) is 17.2 Å². The lowest BCUT2D eigenvalue weighted by Gasteiger charge is -2.23. The van der Waals surface area contributed by atoms with Gasteiger partial charge in [0.1, 0.15) is 37.1 Å². The van der Waals surface area contributed by atoms with Gasteiger partial charge >= 0.3 is 0 Å². The maximum absolute atomic E-state index is 6.16. The summed E-state index contributed by atoms with van der Waals surface area (Å²) < 4.78 is 36.5. The zero-order valence-corrected chi connectivity index (χ0v) is 51.9. The van der Waals surface area contributed by atoms with E-state index in [9.17, 15) is 0 Å². The van der Waals surface area contributed by atoms with E-state index < -0.39 is 0 Å². The number of benzene rings is 3. The number of ether oxygens (including phenoxy) is 6. The summed E-state index contributed by atoms with van der Waals surface area (Å²) in [5.41, 5.74) is 0. The van der Waals surface area contributed by atoms with Gasteiger partial charge in [0.2, 0.25) is 0 Å². The van der Waals surface area contributed by atoms with E-state index in [4.69, 9.17) is 28.4 Å². The first-order valence-corrected chi connectivity index (χ1v) is 34.1. The molecule has 0 saturated carbocycles. The van der Waals surface area contributed by atoms with Gasteiger partial charge < -0.3 is 28.4 Å². The van der Waals surface area contributed by atoms with E-state index >= 15 is 0 Å². The van der Waals surface area contributed by atoms with Gasteiger partial charge in [0, 0.05) is 48.4 Å². The van der Waals surface area contributed by atoms with Crippen LogP contribution in [-0.4, -0.2) is 88.0 Å². The molecule has 0 bridgehead atoms. The average Bonchev–Trinajstić information content (AvgIpc) is 3.37. The molecule has 410 valence electrons. The van der Waals surface area contributed by atoms with E-state index in [-0.39, 0.29) is 10.9 Å². The molecule has 0 heterocycles. The molecular weight excluding hydrogens is 969 g/mol. The van der Waals surface area contributed by atoms with Crippen LogP contribution in [0.15, 0.2) is 87.5 Å². The predicted octanol–water partition coefficient (Wildman–Crippen LogP) is 18.2. The molecule has 73 heavy (non-hydrogen) atoms. The van der Waals surface area contributed by atoms with Crippen molar-refractivity contribution in [1.29, 1.82) is 0 Å². The average molecular weight is 1070 g/mol. The molecule has 0 aliphatic rings. The van der Waals surface area contributed by atoms with Crippen LogP contribution in [0.2, 0.25) is 33.2 Å². The second-order valence-electron chi connectivity index (χ2n) is 22.1. The molecule has 0 aromatic heterocycles. The molecule has 10 heteroatoms. The predicted molar refractivity (Wildman–Crippen MR) is 318 cm³/mol. The monoisotopic (exact) mass is 1070 g/mol. The van der Waals surface area contributed by atoms with E-state index in [1.807, 2.05) is 0 Å². The van der Waals surface area contributed by atoms with Crippen LogP contribution in [-0.2, 0) is 25.1 Å². The van der Waals surface area contributed by atoms with Crippen molar-refractivity contribution in [2.45, 2.75) is 245 Å². The van der Waals surface area contributed by atoms with Gasteiger partial charge in [0.25, 0.3) is 0 Å². The Bertz CT molecular complexity index is 1540. The normalized spacial score (nSPS) is 12.2. The van der Waals surface area contributed by atoms with Crippen molar-refractivity contribution in [2.75, 3.05) is 59.5 Å². The second-order valence-corrected chi connectivity index (χ2v) is 30.7. The molecule has 0 aliphatic heterocycles. The maximum atomic E-state index is 6.16. The smallest absolute Gasteiger partial charge is 0.166 e. The minimum absolute atomic E-state index is 0.346. The summed E-state index contributed by atoms with van der Waals surface area (Å²) in [6.45, 7) is 27.4. The Labute approximate surface area is 459 Å². The fourth-order valence-corrected chi connectivity index (χ4v) is 15.1. The van der Waals surface area contributed by atoms with Crippen molar-refractivity contribution in [3.05, 3.63) is 72.8 Å². The lowest BCUT2D eigenvalue weighted by molar-refractivity contribution is 0.100. The van der Waals surface area contributed by atoms with Gasteiger partial charge in [-0.05, 0) is 107 Å². The van der Waals surface area contributed by atoms with Gasteiger partial charge in [-0.15, -0.1) is 0 Å². The summed E-state index contributed by atoms with van der Waals surface area (Å²) in [6, 6.07) is 29.6. The van der Waals surface area contributed by atoms with Crippen LogP contribution in [0.3, 0.4) is 0 Å². The lowest BCUT2D eigenvalue weighted by atomic mass is 10.0. The number of rotatable bonds is 48. The third-order valence-electron chi connectivity index (χ3n) is 13.6. The summed E-state index contributed by atoms with van der Waals surface area (Å²) in [5.74, 6) is 2.60. The first-order valence-electron chi connectivity index (χ1n) is 29.3. The zero-order valence-electron chi connectivity index (χ0n) is 48.1. The van der Waals surface area contributed by atoms with E-state index in [1.54, 1.807) is 0 Å². The van der Waals surface area contributed by atoms with Crippen molar-refractivity contribution < 1.29 is 28.4 Å². The molecule has 0 aliphatic carbocycles. The SMILES string of the molecule is CCCCCCCC(C)(C)[Si]CCCOCCOc1ccc([S+](c2ccc(OCCOCCC[Si]C(C)(C)CCCCCCC)cc2)c2ccc(OCCOCCC[Si]C(C)(C)CCCCCCC)cc2)cc1. The quantitative estimate of drug-likeness (QED) is 0.0319. The van der Waals surface area contributed by atoms with Crippen molar-refractivity contribution in [2.24, 2.45) is 0 Å². The number of hydrogen-bond donors (Lipinski definition) is 0. The molecule has 3 aromatic carbocycles. The first kappa shape index (κ1) is 65.2. The highest BCUT2D eigenvalue weighted by molar-refractivity contribution is 7.97. The number of hydrogen-bond acceptors (Lipinski definition) is 6. The van der Waals surface area contributed by atoms with Crippen molar-refractivity contribution >= 4 is 39.5 Å². The Balaban J connectivity index is 1.48. The van der Waals surface area contributed by atoms with Gasteiger partial charge in [-0.25, -0.2) is 0 Å². The summed E-state index contributed by atoms with van der Waals surface area (Å²) in [5, 5.41) is 1.36. The topological polar surface area (TPSA) is 55.4 Å². The Kier molecular flexibility index (Phi) is 35.9. The minimum Gasteiger partial charge on any atom is -0.491 e. The fourth-order valence-electron chi connectivity index (χ4n) is 8.97. The largest absolute Gasteiger partial charge is 0.491 e. The molecule has 0 N–H and O–H groups in total. The van der Waals surface area contributed by atoms with Crippen molar-refractivity contribution in [3.63, 3.8) is 0 Å². The van der Waals surface area contributed by atoms with Crippen molar-refractivity contribution in [1.82, 2.24) is 0 Å². The zero-order chi connectivity index (χ0) is 52.7. The molecule has 0 unspecified atom stereocenters. The highest BCUT2D eigenvalue weighted by atomic mass is 32.2. The van der Waals surface area contributed by atoms with Gasteiger partial charge in [-0.2, -0.15) is 0 Å². The van der Waals surface area contributed by atoms with Gasteiger partial charge in [0.05, 0.1) is 30.7 Å². The van der Waals surface area contributed by atoms with Crippen LogP contribution >= 0.6 is 0 Å². The van der Waals surface area contributed by atoms with Gasteiger partial charge in [-0.3, -0.25) is 0 Å². The van der Waals surface area contributed by atoms with Crippen LogP contribution in [0.1, 0.15) is 197 Å². The molecular formula is C63H105O6SSi3+.